The summed E-state index contributed by atoms with van der Waals surface area (Å²) in [4.78, 5) is 29.8. The molecule has 1 aromatic rings. The van der Waals surface area contributed by atoms with Crippen molar-refractivity contribution in [3.63, 3.8) is 0 Å². The van der Waals surface area contributed by atoms with E-state index >= 15 is 0 Å². The van der Waals surface area contributed by atoms with Crippen molar-refractivity contribution in [1.29, 1.82) is 0 Å². The van der Waals surface area contributed by atoms with Gasteiger partial charge >= 0.3 is 0 Å². The SMILES string of the molecule is [C-]#[N+]C1=C[C@](C)(/C=C/C(=O)C(C)(C)C2(/C=C/c3ccc(O[Si](C)(C)C(C)(C)C)c(OC)c3)OCCO2)CC(C)(C)C1=O. The predicted molar refractivity (Wildman–Crippen MR) is 169 cm³/mol. The molecule has 0 spiro atoms. The molecule has 0 aromatic heterocycles. The highest BCUT2D eigenvalue weighted by Crippen LogP contribution is 2.46. The summed E-state index contributed by atoms with van der Waals surface area (Å²) < 4.78 is 24.4. The second-order valence-corrected chi connectivity index (χ2v) is 19.1. The van der Waals surface area contributed by atoms with E-state index in [2.05, 4.69) is 38.7 Å². The second-order valence-electron chi connectivity index (χ2n) is 14.3. The Hall–Kier alpha value is -2.99. The van der Waals surface area contributed by atoms with Crippen LogP contribution in [0.4, 0.5) is 0 Å². The van der Waals surface area contributed by atoms with Crippen LogP contribution in [0.1, 0.15) is 67.4 Å². The van der Waals surface area contributed by atoms with Gasteiger partial charge in [0.2, 0.25) is 11.5 Å². The van der Waals surface area contributed by atoms with Crippen molar-refractivity contribution in [2.45, 2.75) is 85.7 Å². The Kier molecular flexibility index (Phi) is 9.25. The average Bonchev–Trinajstić information content (AvgIpc) is 3.38. The normalized spacial score (nSPS) is 22.7. The summed E-state index contributed by atoms with van der Waals surface area (Å²) in [5.41, 5.74) is -1.42. The number of methoxy groups -OCH3 is 1. The zero-order valence-corrected chi connectivity index (χ0v) is 28.1. The van der Waals surface area contributed by atoms with Crippen molar-refractivity contribution < 1.29 is 28.2 Å². The number of carbonyl (C=O) groups excluding carboxylic acids is 2. The zero-order chi connectivity index (χ0) is 31.8. The van der Waals surface area contributed by atoms with Crippen molar-refractivity contribution in [2.75, 3.05) is 20.3 Å². The molecule has 1 saturated heterocycles. The summed E-state index contributed by atoms with van der Waals surface area (Å²) in [5, 5.41) is 0.0459. The third-order valence-electron chi connectivity index (χ3n) is 8.93. The van der Waals surface area contributed by atoms with Crippen molar-refractivity contribution in [3.8, 4) is 11.5 Å². The number of ketones is 2. The van der Waals surface area contributed by atoms with Gasteiger partial charge in [-0.3, -0.25) is 4.79 Å². The topological polar surface area (TPSA) is 75.4 Å². The van der Waals surface area contributed by atoms with Gasteiger partial charge in [0.25, 0.3) is 8.32 Å². The Morgan fingerprint density at radius 1 is 1.05 bits per heavy atom. The molecule has 228 valence electrons. The average molecular weight is 594 g/mol. The van der Waals surface area contributed by atoms with Crippen molar-refractivity contribution in [1.82, 2.24) is 0 Å². The van der Waals surface area contributed by atoms with Crippen LogP contribution in [0.2, 0.25) is 18.1 Å². The summed E-state index contributed by atoms with van der Waals surface area (Å²) >= 11 is 0. The van der Waals surface area contributed by atoms with E-state index in [1.807, 2.05) is 58.9 Å². The summed E-state index contributed by atoms with van der Waals surface area (Å²) in [6, 6.07) is 5.78. The van der Waals surface area contributed by atoms with Crippen LogP contribution in [-0.4, -0.2) is 46.0 Å². The van der Waals surface area contributed by atoms with Crippen molar-refractivity contribution in [3.05, 3.63) is 65.2 Å². The van der Waals surface area contributed by atoms with E-state index in [4.69, 9.17) is 25.2 Å². The smallest absolute Gasteiger partial charge is 0.250 e. The number of hydrogen-bond acceptors (Lipinski definition) is 6. The lowest BCUT2D eigenvalue weighted by molar-refractivity contribution is -0.191. The van der Waals surface area contributed by atoms with Gasteiger partial charge in [-0.25, -0.2) is 4.85 Å². The van der Waals surface area contributed by atoms with Crippen LogP contribution in [0.15, 0.2) is 48.2 Å². The Morgan fingerprint density at radius 3 is 2.21 bits per heavy atom. The van der Waals surface area contributed by atoms with E-state index in [0.717, 1.165) is 5.56 Å². The largest absolute Gasteiger partial charge is 0.541 e. The van der Waals surface area contributed by atoms with Crippen molar-refractivity contribution in [2.24, 2.45) is 16.2 Å². The van der Waals surface area contributed by atoms with Gasteiger partial charge < -0.3 is 23.4 Å². The van der Waals surface area contributed by atoms with E-state index in [0.29, 0.717) is 31.1 Å². The molecule has 7 nitrogen and oxygen atoms in total. The van der Waals surface area contributed by atoms with Crippen LogP contribution < -0.4 is 9.16 Å². The lowest BCUT2D eigenvalue weighted by Gasteiger charge is -2.39. The number of rotatable bonds is 9. The standard InChI is InChI=1S/C34H47NO6Si/c1-30(2,3)42(11,12)41-26-14-13-24(21-27(26)38-10)15-18-34(39-19-20-40-34)32(6,7)28(36)16-17-33(8)22-25(35-9)29(37)31(4,5)23-33/h13-18,21-22H,19-20,23H2,1-8,10-12H3/b17-16+,18-15+/t33-/m0/s1. The van der Waals surface area contributed by atoms with E-state index in [1.54, 1.807) is 31.4 Å². The highest BCUT2D eigenvalue weighted by molar-refractivity contribution is 6.74. The van der Waals surface area contributed by atoms with Gasteiger partial charge in [0, 0.05) is 5.41 Å². The predicted octanol–water partition coefficient (Wildman–Crippen LogP) is 7.80. The molecule has 0 radical (unpaired) electrons. The molecule has 1 aliphatic carbocycles. The molecule has 1 fully saturated rings. The van der Waals surface area contributed by atoms with Gasteiger partial charge in [-0.15, -0.1) is 0 Å². The molecule has 0 N–H and O–H groups in total. The third-order valence-corrected chi connectivity index (χ3v) is 13.3. The van der Waals surface area contributed by atoms with Crippen LogP contribution in [-0.2, 0) is 19.1 Å². The van der Waals surface area contributed by atoms with Crippen LogP contribution in [0.3, 0.4) is 0 Å². The maximum Gasteiger partial charge on any atom is 0.250 e. The number of allylic oxidation sites excluding steroid dienone is 4. The summed E-state index contributed by atoms with van der Waals surface area (Å²) in [5.74, 6) is -0.280. The summed E-state index contributed by atoms with van der Waals surface area (Å²) in [6.07, 6.45) is 9.20. The first kappa shape index (κ1) is 33.5. The Labute approximate surface area is 252 Å². The van der Waals surface area contributed by atoms with E-state index < -0.39 is 30.3 Å². The Bertz CT molecular complexity index is 1350. The van der Waals surface area contributed by atoms with E-state index in [-0.39, 0.29) is 22.3 Å². The molecule has 8 heteroatoms. The first-order chi connectivity index (χ1) is 19.2. The summed E-state index contributed by atoms with van der Waals surface area (Å²) in [6.45, 7) is 28.4. The monoisotopic (exact) mass is 593 g/mol. The van der Waals surface area contributed by atoms with Gasteiger partial charge in [-0.05, 0) is 73.7 Å². The van der Waals surface area contributed by atoms with Crippen molar-refractivity contribution >= 4 is 26.0 Å². The van der Waals surface area contributed by atoms with Crippen LogP contribution in [0.5, 0.6) is 11.5 Å². The third kappa shape index (κ3) is 6.64. The minimum atomic E-state index is -2.06. The molecular formula is C34H47NO6Si. The maximum atomic E-state index is 13.7. The quantitative estimate of drug-likeness (QED) is 0.165. The van der Waals surface area contributed by atoms with Gasteiger partial charge in [-0.2, -0.15) is 0 Å². The molecule has 2 aliphatic rings. The summed E-state index contributed by atoms with van der Waals surface area (Å²) in [7, 11) is -0.435. The highest BCUT2D eigenvalue weighted by atomic mass is 28.4. The molecular weight excluding hydrogens is 546 g/mol. The Balaban J connectivity index is 1.89. The lowest BCUT2D eigenvalue weighted by Crippen LogP contribution is -2.48. The second kappa shape index (κ2) is 11.6. The minimum absolute atomic E-state index is 0.0459. The first-order valence-corrected chi connectivity index (χ1v) is 17.4. The number of nitrogens with zero attached hydrogens (tertiary/aromatic N) is 1. The van der Waals surface area contributed by atoms with Crippen LogP contribution >= 0.6 is 0 Å². The fraction of sp³-hybridized carbons (Fsp3) is 0.559. The first-order valence-electron chi connectivity index (χ1n) is 14.5. The lowest BCUT2D eigenvalue weighted by atomic mass is 9.66. The molecule has 1 heterocycles. The van der Waals surface area contributed by atoms with Gasteiger partial charge in [0.05, 0.1) is 32.3 Å². The molecule has 0 unspecified atom stereocenters. The fourth-order valence-corrected chi connectivity index (χ4v) is 6.27. The molecule has 0 bridgehead atoms. The van der Waals surface area contributed by atoms with E-state index in [9.17, 15) is 9.59 Å². The number of carbonyl (C=O) groups is 2. The number of ether oxygens (including phenoxy) is 3. The van der Waals surface area contributed by atoms with Gasteiger partial charge in [-0.1, -0.05) is 65.8 Å². The molecule has 3 rings (SSSR count). The number of benzene rings is 1. The zero-order valence-electron chi connectivity index (χ0n) is 27.1. The van der Waals surface area contributed by atoms with Crippen LogP contribution in [0, 0.1) is 22.8 Å². The van der Waals surface area contributed by atoms with E-state index in [1.165, 1.54) is 0 Å². The van der Waals surface area contributed by atoms with Gasteiger partial charge in [0.15, 0.2) is 17.3 Å². The molecule has 42 heavy (non-hydrogen) atoms. The molecule has 1 aromatic carbocycles. The minimum Gasteiger partial charge on any atom is -0.541 e. The van der Waals surface area contributed by atoms with Crippen LogP contribution in [0.25, 0.3) is 10.9 Å². The van der Waals surface area contributed by atoms with Gasteiger partial charge in [0.1, 0.15) is 5.75 Å². The molecule has 1 aliphatic heterocycles. The number of Topliss-reactive ketones (excluding diaryl/α,β-unsaturated/α-hetero) is 1. The number of hydrogen-bond donors (Lipinski definition) is 0. The fourth-order valence-electron chi connectivity index (χ4n) is 5.24. The molecule has 0 saturated carbocycles. The Morgan fingerprint density at radius 2 is 1.67 bits per heavy atom. The molecule has 0 amide bonds. The molecule has 1 atom stereocenters. The highest BCUT2D eigenvalue weighted by Gasteiger charge is 2.52. The maximum absolute atomic E-state index is 13.7.